The molecule has 5 rings (SSSR count). The molecule has 0 atom stereocenters. The molecular formula is C31H36N6O2. The van der Waals surface area contributed by atoms with E-state index in [1.54, 1.807) is 41.3 Å². The number of anilines is 2. The van der Waals surface area contributed by atoms with Gasteiger partial charge in [-0.05, 0) is 86.4 Å². The molecule has 1 fully saturated rings. The topological polar surface area (TPSA) is 84.3 Å². The van der Waals surface area contributed by atoms with E-state index in [4.69, 9.17) is 9.84 Å². The highest BCUT2D eigenvalue weighted by Crippen LogP contribution is 2.27. The molecular weight excluding hydrogens is 488 g/mol. The summed E-state index contributed by atoms with van der Waals surface area (Å²) in [6.45, 7) is 9.85. The Labute approximate surface area is 230 Å². The van der Waals surface area contributed by atoms with Crippen molar-refractivity contribution in [1.29, 1.82) is 0 Å². The third-order valence-electron chi connectivity index (χ3n) is 6.81. The summed E-state index contributed by atoms with van der Waals surface area (Å²) in [6.07, 6.45) is 7.00. The molecule has 1 saturated heterocycles. The predicted molar refractivity (Wildman–Crippen MR) is 155 cm³/mol. The normalized spacial score (nSPS) is 13.8. The lowest BCUT2D eigenvalue weighted by Crippen LogP contribution is -2.22. The first-order valence-corrected chi connectivity index (χ1v) is 13.5. The molecule has 202 valence electrons. The predicted octanol–water partition coefficient (Wildman–Crippen LogP) is 6.64. The Hall–Kier alpha value is -4.17. The van der Waals surface area contributed by atoms with Gasteiger partial charge < -0.3 is 15.0 Å². The molecule has 2 amide bonds. The van der Waals surface area contributed by atoms with Gasteiger partial charge in [-0.2, -0.15) is 5.10 Å². The van der Waals surface area contributed by atoms with Gasteiger partial charge in [-0.25, -0.2) is 9.48 Å². The van der Waals surface area contributed by atoms with Crippen molar-refractivity contribution < 1.29 is 9.53 Å². The van der Waals surface area contributed by atoms with Crippen LogP contribution in [0.25, 0.3) is 5.69 Å². The number of nitrogens with one attached hydrogen (secondary N) is 2. The van der Waals surface area contributed by atoms with Crippen molar-refractivity contribution in [2.45, 2.75) is 45.4 Å². The van der Waals surface area contributed by atoms with Crippen LogP contribution in [-0.2, 0) is 11.8 Å². The summed E-state index contributed by atoms with van der Waals surface area (Å²) in [5.41, 5.74) is 3.59. The fraction of sp³-hybridized carbons (Fsp3) is 0.323. The highest BCUT2D eigenvalue weighted by atomic mass is 16.5. The van der Waals surface area contributed by atoms with Gasteiger partial charge in [0.1, 0.15) is 17.3 Å². The van der Waals surface area contributed by atoms with Gasteiger partial charge in [-0.1, -0.05) is 32.9 Å². The summed E-state index contributed by atoms with van der Waals surface area (Å²) in [5.74, 6) is 1.98. The van der Waals surface area contributed by atoms with E-state index in [0.717, 1.165) is 24.3 Å². The zero-order valence-electron chi connectivity index (χ0n) is 22.9. The van der Waals surface area contributed by atoms with Crippen molar-refractivity contribution in [3.05, 3.63) is 90.4 Å². The third kappa shape index (κ3) is 7.03. The van der Waals surface area contributed by atoms with Crippen LogP contribution in [0.4, 0.5) is 16.3 Å². The number of likely N-dealkylation sites (tertiary alicyclic amines) is 1. The van der Waals surface area contributed by atoms with Gasteiger partial charge >= 0.3 is 6.03 Å². The molecule has 39 heavy (non-hydrogen) atoms. The molecule has 8 nitrogen and oxygen atoms in total. The third-order valence-corrected chi connectivity index (χ3v) is 6.81. The minimum atomic E-state index is -0.346. The Bertz CT molecular complexity index is 1370. The van der Waals surface area contributed by atoms with Crippen LogP contribution in [0.5, 0.6) is 11.5 Å². The lowest BCUT2D eigenvalue weighted by Gasteiger charge is -2.15. The van der Waals surface area contributed by atoms with E-state index < -0.39 is 0 Å². The number of carbonyl (C=O) groups excluding carboxylic acids is 1. The van der Waals surface area contributed by atoms with E-state index in [9.17, 15) is 4.79 Å². The smallest absolute Gasteiger partial charge is 0.324 e. The van der Waals surface area contributed by atoms with Crippen LogP contribution in [0, 0.1) is 0 Å². The lowest BCUT2D eigenvalue weighted by atomic mass is 9.92. The fourth-order valence-electron chi connectivity index (χ4n) is 4.56. The maximum absolute atomic E-state index is 13.0. The van der Waals surface area contributed by atoms with Crippen LogP contribution in [0.15, 0.2) is 79.1 Å². The van der Waals surface area contributed by atoms with Gasteiger partial charge in [-0.15, -0.1) is 0 Å². The number of hydrogen-bond acceptors (Lipinski definition) is 5. The van der Waals surface area contributed by atoms with E-state index in [0.29, 0.717) is 23.0 Å². The number of rotatable bonds is 8. The van der Waals surface area contributed by atoms with Crippen molar-refractivity contribution >= 4 is 17.5 Å². The van der Waals surface area contributed by atoms with E-state index in [-0.39, 0.29) is 11.4 Å². The number of hydrogen-bond donors (Lipinski definition) is 2. The Kier molecular flexibility index (Phi) is 7.93. The standard InChI is InChI=1S/C31H36N6O2/c1-31(2,3)28-22-29(37(35-28)25-10-6-23(7-11-25)16-21-36-19-4-5-20-36)34-30(38)33-24-8-12-26(13-9-24)39-27-14-17-32-18-15-27/h6-15,17-18,22H,4-5,16,19-21H2,1-3H3,(H2,33,34,38). The maximum atomic E-state index is 13.0. The Morgan fingerprint density at radius 2 is 1.56 bits per heavy atom. The van der Waals surface area contributed by atoms with Crippen molar-refractivity contribution in [3.8, 4) is 17.2 Å². The van der Waals surface area contributed by atoms with E-state index in [1.807, 2.05) is 18.2 Å². The molecule has 0 saturated carbocycles. The lowest BCUT2D eigenvalue weighted by molar-refractivity contribution is 0.262. The van der Waals surface area contributed by atoms with Gasteiger partial charge in [0, 0.05) is 36.1 Å². The number of amides is 2. The first-order chi connectivity index (χ1) is 18.8. The molecule has 2 aromatic carbocycles. The van der Waals surface area contributed by atoms with Gasteiger partial charge in [-0.3, -0.25) is 10.3 Å². The van der Waals surface area contributed by atoms with Crippen molar-refractivity contribution in [3.63, 3.8) is 0 Å². The fourth-order valence-corrected chi connectivity index (χ4v) is 4.56. The number of urea groups is 1. The van der Waals surface area contributed by atoms with E-state index in [2.05, 4.69) is 65.6 Å². The zero-order chi connectivity index (χ0) is 27.2. The molecule has 3 heterocycles. The van der Waals surface area contributed by atoms with Crippen molar-refractivity contribution in [1.82, 2.24) is 19.7 Å². The first-order valence-electron chi connectivity index (χ1n) is 13.5. The van der Waals surface area contributed by atoms with Crippen molar-refractivity contribution in [2.24, 2.45) is 0 Å². The van der Waals surface area contributed by atoms with Gasteiger partial charge in [0.15, 0.2) is 0 Å². The molecule has 1 aliphatic rings. The summed E-state index contributed by atoms with van der Waals surface area (Å²) in [7, 11) is 0. The van der Waals surface area contributed by atoms with E-state index >= 15 is 0 Å². The second-order valence-electron chi connectivity index (χ2n) is 10.9. The number of pyridine rings is 1. The van der Waals surface area contributed by atoms with Gasteiger partial charge in [0.25, 0.3) is 0 Å². The monoisotopic (exact) mass is 524 g/mol. The highest BCUT2D eigenvalue weighted by Gasteiger charge is 2.22. The molecule has 0 spiro atoms. The highest BCUT2D eigenvalue weighted by molar-refractivity contribution is 5.99. The average Bonchev–Trinajstić information content (AvgIpc) is 3.60. The summed E-state index contributed by atoms with van der Waals surface area (Å²) in [5, 5.41) is 10.7. The van der Waals surface area contributed by atoms with E-state index in [1.165, 1.54) is 31.5 Å². The van der Waals surface area contributed by atoms with Crippen LogP contribution in [0.1, 0.15) is 44.9 Å². The maximum Gasteiger partial charge on any atom is 0.324 e. The van der Waals surface area contributed by atoms with Gasteiger partial charge in [0.05, 0.1) is 11.4 Å². The summed E-state index contributed by atoms with van der Waals surface area (Å²) in [4.78, 5) is 19.5. The molecule has 0 aliphatic carbocycles. The van der Waals surface area contributed by atoms with Crippen LogP contribution in [0.3, 0.4) is 0 Å². The van der Waals surface area contributed by atoms with Crippen LogP contribution in [-0.4, -0.2) is 45.3 Å². The molecule has 4 aromatic rings. The largest absolute Gasteiger partial charge is 0.457 e. The summed E-state index contributed by atoms with van der Waals surface area (Å²) >= 11 is 0. The number of benzene rings is 2. The van der Waals surface area contributed by atoms with Crippen LogP contribution in [0.2, 0.25) is 0 Å². The van der Waals surface area contributed by atoms with Crippen LogP contribution < -0.4 is 15.4 Å². The molecule has 2 N–H and O–H groups in total. The minimum Gasteiger partial charge on any atom is -0.457 e. The second kappa shape index (κ2) is 11.7. The summed E-state index contributed by atoms with van der Waals surface area (Å²) < 4.78 is 7.60. The van der Waals surface area contributed by atoms with Crippen LogP contribution >= 0.6 is 0 Å². The number of carbonyl (C=O) groups is 1. The second-order valence-corrected chi connectivity index (χ2v) is 10.9. The molecule has 0 unspecified atom stereocenters. The average molecular weight is 525 g/mol. The number of ether oxygens (including phenoxy) is 1. The Morgan fingerprint density at radius 1 is 0.897 bits per heavy atom. The Morgan fingerprint density at radius 3 is 2.23 bits per heavy atom. The number of nitrogens with zero attached hydrogens (tertiary/aromatic N) is 4. The quantitative estimate of drug-likeness (QED) is 0.270. The molecule has 2 aromatic heterocycles. The molecule has 0 radical (unpaired) electrons. The van der Waals surface area contributed by atoms with Gasteiger partial charge in [0.2, 0.25) is 0 Å². The first kappa shape index (κ1) is 26.4. The minimum absolute atomic E-state index is 0.168. The Balaban J connectivity index is 1.26. The van der Waals surface area contributed by atoms with Crippen molar-refractivity contribution in [2.75, 3.05) is 30.3 Å². The SMILES string of the molecule is CC(C)(C)c1cc(NC(=O)Nc2ccc(Oc3ccncc3)cc2)n(-c2ccc(CCN3CCCC3)cc2)n1. The molecule has 0 bridgehead atoms. The zero-order valence-corrected chi connectivity index (χ0v) is 22.9. The summed E-state index contributed by atoms with van der Waals surface area (Å²) in [6, 6.07) is 20.8. The molecule has 1 aliphatic heterocycles. The number of aromatic nitrogens is 3. The molecule has 8 heteroatoms.